The van der Waals surface area contributed by atoms with E-state index >= 15 is 0 Å². The number of hydrogen-bond acceptors (Lipinski definition) is 3. The molecule has 96 valence electrons. The van der Waals surface area contributed by atoms with E-state index in [0.29, 0.717) is 0 Å². The molecule has 0 fully saturated rings. The molecule has 4 nitrogen and oxygen atoms in total. The van der Waals surface area contributed by atoms with E-state index in [0.717, 1.165) is 32.9 Å². The fraction of sp³-hybridized carbons (Fsp3) is 0.250. The van der Waals surface area contributed by atoms with Crippen molar-refractivity contribution in [2.24, 2.45) is 0 Å². The maximum Gasteiger partial charge on any atom is 0.207 e. The number of methoxy groups -OCH3 is 1. The lowest BCUT2D eigenvalue weighted by Gasteiger charge is -2.12. The first-order chi connectivity index (χ1) is 8.65. The van der Waals surface area contributed by atoms with Gasteiger partial charge in [-0.15, -0.1) is 0 Å². The number of halogens is 2. The number of hydrogen-bond donors (Lipinski definition) is 1. The van der Waals surface area contributed by atoms with Crippen LogP contribution in [0.3, 0.4) is 0 Å². The van der Waals surface area contributed by atoms with Gasteiger partial charge >= 0.3 is 0 Å². The van der Waals surface area contributed by atoms with Crippen LogP contribution in [0.1, 0.15) is 6.92 Å². The molecule has 0 bridgehead atoms. The second-order valence-corrected chi connectivity index (χ2v) is 5.34. The standard InChI is InChI=1S/C12H13Br2N3O/c1-3-17-5-4-15-12(17)16-10-7-11(18-2)9(14)6-8(10)13/h4-7H,3H2,1-2H3,(H,15,16). The van der Waals surface area contributed by atoms with Gasteiger partial charge in [-0.05, 0) is 44.8 Å². The molecule has 18 heavy (non-hydrogen) atoms. The zero-order valence-electron chi connectivity index (χ0n) is 10.1. The van der Waals surface area contributed by atoms with Crippen molar-refractivity contribution in [1.82, 2.24) is 9.55 Å². The Kier molecular flexibility index (Phi) is 4.29. The molecule has 1 aromatic heterocycles. The maximum absolute atomic E-state index is 5.28. The lowest BCUT2D eigenvalue weighted by atomic mass is 10.3. The molecule has 0 amide bonds. The number of nitrogens with one attached hydrogen (secondary N) is 1. The van der Waals surface area contributed by atoms with Crippen LogP contribution in [-0.2, 0) is 6.54 Å². The number of benzene rings is 1. The molecule has 1 heterocycles. The van der Waals surface area contributed by atoms with E-state index in [9.17, 15) is 0 Å². The van der Waals surface area contributed by atoms with Crippen molar-refractivity contribution in [3.05, 3.63) is 33.5 Å². The third kappa shape index (κ3) is 2.70. The minimum atomic E-state index is 0.773. The summed E-state index contributed by atoms with van der Waals surface area (Å²) >= 11 is 6.96. The Labute approximate surface area is 123 Å². The van der Waals surface area contributed by atoms with Gasteiger partial charge in [-0.25, -0.2) is 4.98 Å². The van der Waals surface area contributed by atoms with Crippen LogP contribution >= 0.6 is 31.9 Å². The average molecular weight is 375 g/mol. The van der Waals surface area contributed by atoms with Crippen molar-refractivity contribution in [2.75, 3.05) is 12.4 Å². The Balaban J connectivity index is 2.34. The monoisotopic (exact) mass is 373 g/mol. The first-order valence-electron chi connectivity index (χ1n) is 5.47. The SMILES string of the molecule is CCn1ccnc1Nc1cc(OC)c(Br)cc1Br. The van der Waals surface area contributed by atoms with E-state index in [2.05, 4.69) is 49.1 Å². The first kappa shape index (κ1) is 13.4. The predicted octanol–water partition coefficient (Wildman–Crippen LogP) is 4.18. The van der Waals surface area contributed by atoms with Crippen LogP contribution in [0.4, 0.5) is 11.6 Å². The number of anilines is 2. The molecule has 0 saturated carbocycles. The Morgan fingerprint density at radius 3 is 2.78 bits per heavy atom. The summed E-state index contributed by atoms with van der Waals surface area (Å²) in [4.78, 5) is 4.28. The molecule has 0 radical (unpaired) electrons. The average Bonchev–Trinajstić information content (AvgIpc) is 2.79. The summed E-state index contributed by atoms with van der Waals surface area (Å²) < 4.78 is 9.16. The molecule has 0 saturated heterocycles. The van der Waals surface area contributed by atoms with E-state index in [-0.39, 0.29) is 0 Å². The Morgan fingerprint density at radius 2 is 2.11 bits per heavy atom. The molecule has 1 N–H and O–H groups in total. The van der Waals surface area contributed by atoms with Crippen molar-refractivity contribution in [2.45, 2.75) is 13.5 Å². The highest BCUT2D eigenvalue weighted by molar-refractivity contribution is 9.11. The van der Waals surface area contributed by atoms with Crippen molar-refractivity contribution in [1.29, 1.82) is 0 Å². The number of aromatic nitrogens is 2. The summed E-state index contributed by atoms with van der Waals surface area (Å²) in [5.41, 5.74) is 0.913. The molecular weight excluding hydrogens is 362 g/mol. The van der Waals surface area contributed by atoms with Crippen LogP contribution in [0.25, 0.3) is 0 Å². The van der Waals surface area contributed by atoms with Gasteiger partial charge in [-0.1, -0.05) is 0 Å². The quantitative estimate of drug-likeness (QED) is 0.872. The molecule has 0 atom stereocenters. The fourth-order valence-corrected chi connectivity index (χ4v) is 2.85. The first-order valence-corrected chi connectivity index (χ1v) is 7.05. The summed E-state index contributed by atoms with van der Waals surface area (Å²) in [6.07, 6.45) is 3.71. The zero-order valence-corrected chi connectivity index (χ0v) is 13.2. The topological polar surface area (TPSA) is 39.1 Å². The predicted molar refractivity (Wildman–Crippen MR) is 79.6 cm³/mol. The minimum absolute atomic E-state index is 0.773. The van der Waals surface area contributed by atoms with Gasteiger partial charge in [0.15, 0.2) is 0 Å². The van der Waals surface area contributed by atoms with E-state index in [1.165, 1.54) is 0 Å². The molecule has 0 spiro atoms. The van der Waals surface area contributed by atoms with Crippen LogP contribution in [0, 0.1) is 0 Å². The lowest BCUT2D eigenvalue weighted by Crippen LogP contribution is -2.02. The van der Waals surface area contributed by atoms with E-state index in [1.807, 2.05) is 22.9 Å². The molecule has 1 aromatic carbocycles. The number of imidazole rings is 1. The normalized spacial score (nSPS) is 10.4. The highest BCUT2D eigenvalue weighted by atomic mass is 79.9. The van der Waals surface area contributed by atoms with Crippen molar-refractivity contribution < 1.29 is 4.74 Å². The van der Waals surface area contributed by atoms with E-state index in [1.54, 1.807) is 13.3 Å². The summed E-state index contributed by atoms with van der Waals surface area (Å²) in [6, 6.07) is 3.86. The maximum atomic E-state index is 5.28. The second-order valence-electron chi connectivity index (χ2n) is 3.63. The van der Waals surface area contributed by atoms with Crippen LogP contribution in [0.5, 0.6) is 5.75 Å². The molecule has 0 aliphatic carbocycles. The van der Waals surface area contributed by atoms with Gasteiger partial charge in [-0.2, -0.15) is 0 Å². The van der Waals surface area contributed by atoms with Gasteiger partial charge < -0.3 is 14.6 Å². The number of rotatable bonds is 4. The van der Waals surface area contributed by atoms with Crippen LogP contribution in [0.2, 0.25) is 0 Å². The van der Waals surface area contributed by atoms with Gasteiger partial charge in [0.25, 0.3) is 0 Å². The molecule has 2 rings (SSSR count). The van der Waals surface area contributed by atoms with Crippen LogP contribution in [-0.4, -0.2) is 16.7 Å². The Bertz CT molecular complexity index is 554. The number of aryl methyl sites for hydroxylation is 1. The Morgan fingerprint density at radius 1 is 1.33 bits per heavy atom. The van der Waals surface area contributed by atoms with Gasteiger partial charge in [-0.3, -0.25) is 0 Å². The third-order valence-electron chi connectivity index (χ3n) is 2.54. The fourth-order valence-electron chi connectivity index (χ4n) is 1.59. The van der Waals surface area contributed by atoms with Gasteiger partial charge in [0.05, 0.1) is 17.3 Å². The summed E-state index contributed by atoms with van der Waals surface area (Å²) in [6.45, 7) is 2.94. The molecule has 0 aliphatic rings. The highest BCUT2D eigenvalue weighted by Gasteiger charge is 2.09. The number of nitrogens with zero attached hydrogens (tertiary/aromatic N) is 2. The van der Waals surface area contributed by atoms with Crippen molar-refractivity contribution >= 4 is 43.5 Å². The van der Waals surface area contributed by atoms with Gasteiger partial charge in [0, 0.05) is 29.5 Å². The third-order valence-corrected chi connectivity index (χ3v) is 3.82. The van der Waals surface area contributed by atoms with Gasteiger partial charge in [0.1, 0.15) is 5.75 Å². The molecule has 0 aliphatic heterocycles. The second kappa shape index (κ2) is 5.75. The number of ether oxygens (including phenoxy) is 1. The van der Waals surface area contributed by atoms with E-state index < -0.39 is 0 Å². The summed E-state index contributed by atoms with van der Waals surface area (Å²) in [5, 5.41) is 3.28. The summed E-state index contributed by atoms with van der Waals surface area (Å²) in [7, 11) is 1.64. The molecule has 0 unspecified atom stereocenters. The van der Waals surface area contributed by atoms with Crippen molar-refractivity contribution in [3.63, 3.8) is 0 Å². The highest BCUT2D eigenvalue weighted by Crippen LogP contribution is 2.35. The lowest BCUT2D eigenvalue weighted by molar-refractivity contribution is 0.412. The Hall–Kier alpha value is -1.01. The molecule has 2 aromatic rings. The van der Waals surface area contributed by atoms with Crippen molar-refractivity contribution in [3.8, 4) is 5.75 Å². The van der Waals surface area contributed by atoms with E-state index in [4.69, 9.17) is 4.74 Å². The largest absolute Gasteiger partial charge is 0.495 e. The summed E-state index contributed by atoms with van der Waals surface area (Å²) in [5.74, 6) is 1.58. The van der Waals surface area contributed by atoms with Crippen LogP contribution in [0.15, 0.2) is 33.5 Å². The zero-order chi connectivity index (χ0) is 13.1. The minimum Gasteiger partial charge on any atom is -0.495 e. The molecule has 6 heteroatoms. The smallest absolute Gasteiger partial charge is 0.207 e. The van der Waals surface area contributed by atoms with Crippen LogP contribution < -0.4 is 10.1 Å². The molecular formula is C12H13Br2N3O. The van der Waals surface area contributed by atoms with Gasteiger partial charge in [0.2, 0.25) is 5.95 Å².